The van der Waals surface area contributed by atoms with E-state index in [9.17, 15) is 0 Å². The maximum absolute atomic E-state index is 3.49. The smallest absolute Gasteiger partial charge is 0.0877 e. The third-order valence-corrected chi connectivity index (χ3v) is 6.61. The summed E-state index contributed by atoms with van der Waals surface area (Å²) in [7, 11) is 0. The van der Waals surface area contributed by atoms with Crippen molar-refractivity contribution >= 4 is 11.4 Å². The fourth-order valence-corrected chi connectivity index (χ4v) is 4.98. The molecule has 1 saturated heterocycles. The van der Waals surface area contributed by atoms with Crippen LogP contribution in [0.3, 0.4) is 0 Å². The lowest BCUT2D eigenvalue weighted by atomic mass is 9.96. The van der Waals surface area contributed by atoms with Crippen molar-refractivity contribution in [1.29, 1.82) is 0 Å². The molecule has 0 unspecified atom stereocenters. The first-order valence-electron chi connectivity index (χ1n) is 11.5. The largest absolute Gasteiger partial charge is 0.366 e. The summed E-state index contributed by atoms with van der Waals surface area (Å²) in [5, 5.41) is 3.49. The molecular formula is C27H32N4. The Morgan fingerprint density at radius 1 is 0.677 bits per heavy atom. The summed E-state index contributed by atoms with van der Waals surface area (Å²) in [6.45, 7) is 7.73. The van der Waals surface area contributed by atoms with E-state index in [4.69, 9.17) is 0 Å². The molecule has 0 atom stereocenters. The molecule has 1 fully saturated rings. The Balaban J connectivity index is 1.16. The first-order chi connectivity index (χ1) is 15.4. The van der Waals surface area contributed by atoms with Crippen LogP contribution in [0.15, 0.2) is 84.9 Å². The SMILES string of the molecule is c1ccc(C(c2ccccc2)N2CCN(CCCN3CNc4ccccc43)CC2)cc1. The van der Waals surface area contributed by atoms with E-state index >= 15 is 0 Å². The molecule has 1 N–H and O–H groups in total. The topological polar surface area (TPSA) is 21.8 Å². The summed E-state index contributed by atoms with van der Waals surface area (Å²) < 4.78 is 0. The van der Waals surface area contributed by atoms with Crippen LogP contribution >= 0.6 is 0 Å². The van der Waals surface area contributed by atoms with Gasteiger partial charge in [-0.05, 0) is 36.2 Å². The van der Waals surface area contributed by atoms with Gasteiger partial charge >= 0.3 is 0 Å². The fraction of sp³-hybridized carbons (Fsp3) is 0.333. The van der Waals surface area contributed by atoms with Gasteiger partial charge < -0.3 is 15.1 Å². The molecule has 2 aliphatic heterocycles. The molecule has 2 heterocycles. The number of benzene rings is 3. The first-order valence-corrected chi connectivity index (χ1v) is 11.5. The lowest BCUT2D eigenvalue weighted by Crippen LogP contribution is -2.48. The van der Waals surface area contributed by atoms with Crippen molar-refractivity contribution in [3.63, 3.8) is 0 Å². The number of hydrogen-bond acceptors (Lipinski definition) is 4. The summed E-state index contributed by atoms with van der Waals surface area (Å²) >= 11 is 0. The minimum Gasteiger partial charge on any atom is -0.366 e. The number of anilines is 2. The average Bonchev–Trinajstić information content (AvgIpc) is 3.25. The van der Waals surface area contributed by atoms with Gasteiger partial charge in [-0.15, -0.1) is 0 Å². The maximum Gasteiger partial charge on any atom is 0.0877 e. The third-order valence-electron chi connectivity index (χ3n) is 6.61. The van der Waals surface area contributed by atoms with Gasteiger partial charge in [-0.25, -0.2) is 0 Å². The highest BCUT2D eigenvalue weighted by molar-refractivity contribution is 5.74. The van der Waals surface area contributed by atoms with E-state index in [0.29, 0.717) is 6.04 Å². The van der Waals surface area contributed by atoms with Gasteiger partial charge in [0.05, 0.1) is 24.1 Å². The standard InChI is InChI=1S/C27H32N4/c1-3-10-23(11-4-1)27(24-12-5-2-6-13-24)30-20-18-29(19-21-30)16-9-17-31-22-28-25-14-7-8-15-26(25)31/h1-8,10-15,27-28H,9,16-22H2. The van der Waals surface area contributed by atoms with Gasteiger partial charge in [0, 0.05) is 32.7 Å². The van der Waals surface area contributed by atoms with E-state index in [1.165, 1.54) is 35.5 Å². The minimum absolute atomic E-state index is 0.344. The molecule has 0 aromatic heterocycles. The van der Waals surface area contributed by atoms with Crippen molar-refractivity contribution in [1.82, 2.24) is 9.80 Å². The highest BCUT2D eigenvalue weighted by Crippen LogP contribution is 2.31. The normalized spacial score (nSPS) is 17.0. The summed E-state index contributed by atoms with van der Waals surface area (Å²) in [6, 6.07) is 30.9. The second kappa shape index (κ2) is 9.54. The predicted molar refractivity (Wildman–Crippen MR) is 130 cm³/mol. The maximum atomic E-state index is 3.49. The predicted octanol–water partition coefficient (Wildman–Crippen LogP) is 4.67. The van der Waals surface area contributed by atoms with Crippen LogP contribution in [0, 0.1) is 0 Å². The van der Waals surface area contributed by atoms with Gasteiger partial charge in [0.2, 0.25) is 0 Å². The molecule has 0 bridgehead atoms. The van der Waals surface area contributed by atoms with E-state index in [1.807, 2.05) is 0 Å². The molecule has 4 nitrogen and oxygen atoms in total. The Hall–Kier alpha value is -2.82. The van der Waals surface area contributed by atoms with Gasteiger partial charge in [-0.1, -0.05) is 72.8 Å². The molecule has 0 aliphatic carbocycles. The molecule has 0 saturated carbocycles. The monoisotopic (exact) mass is 412 g/mol. The number of fused-ring (bicyclic) bond motifs is 1. The second-order valence-electron chi connectivity index (χ2n) is 8.57. The minimum atomic E-state index is 0.344. The van der Waals surface area contributed by atoms with Crippen LogP contribution in [0.1, 0.15) is 23.6 Å². The molecular weight excluding hydrogens is 380 g/mol. The van der Waals surface area contributed by atoms with Gasteiger partial charge in [-0.3, -0.25) is 4.90 Å². The van der Waals surface area contributed by atoms with Crippen LogP contribution in [0.5, 0.6) is 0 Å². The Morgan fingerprint density at radius 2 is 1.29 bits per heavy atom. The van der Waals surface area contributed by atoms with Gasteiger partial charge in [-0.2, -0.15) is 0 Å². The zero-order valence-corrected chi connectivity index (χ0v) is 18.2. The zero-order valence-electron chi connectivity index (χ0n) is 18.2. The van der Waals surface area contributed by atoms with Gasteiger partial charge in [0.25, 0.3) is 0 Å². The van der Waals surface area contributed by atoms with E-state index < -0.39 is 0 Å². The molecule has 0 amide bonds. The number of rotatable bonds is 7. The number of nitrogens with one attached hydrogen (secondary N) is 1. The summed E-state index contributed by atoms with van der Waals surface area (Å²) in [5.74, 6) is 0. The van der Waals surface area contributed by atoms with E-state index in [-0.39, 0.29) is 0 Å². The van der Waals surface area contributed by atoms with Crippen LogP contribution in [0.2, 0.25) is 0 Å². The quantitative estimate of drug-likeness (QED) is 0.609. The van der Waals surface area contributed by atoms with Gasteiger partial charge in [0.1, 0.15) is 0 Å². The molecule has 0 radical (unpaired) electrons. The van der Waals surface area contributed by atoms with E-state index in [1.54, 1.807) is 0 Å². The van der Waals surface area contributed by atoms with Crippen LogP contribution in [-0.4, -0.2) is 55.7 Å². The van der Waals surface area contributed by atoms with Crippen LogP contribution in [0.25, 0.3) is 0 Å². The van der Waals surface area contributed by atoms with Crippen LogP contribution < -0.4 is 10.2 Å². The molecule has 3 aromatic carbocycles. The summed E-state index contributed by atoms with van der Waals surface area (Å²) in [5.41, 5.74) is 5.40. The van der Waals surface area contributed by atoms with Crippen molar-refractivity contribution in [2.45, 2.75) is 12.5 Å². The second-order valence-corrected chi connectivity index (χ2v) is 8.57. The zero-order chi connectivity index (χ0) is 20.9. The molecule has 0 spiro atoms. The molecule has 2 aliphatic rings. The summed E-state index contributed by atoms with van der Waals surface area (Å²) in [4.78, 5) is 7.76. The van der Waals surface area contributed by atoms with E-state index in [0.717, 1.165) is 39.4 Å². The van der Waals surface area contributed by atoms with Crippen molar-refractivity contribution in [3.05, 3.63) is 96.1 Å². The van der Waals surface area contributed by atoms with Crippen molar-refractivity contribution < 1.29 is 0 Å². The van der Waals surface area contributed by atoms with Crippen LogP contribution in [-0.2, 0) is 0 Å². The summed E-state index contributed by atoms with van der Waals surface area (Å²) in [6.07, 6.45) is 1.21. The van der Waals surface area contributed by atoms with Crippen molar-refractivity contribution in [2.75, 3.05) is 56.2 Å². The third kappa shape index (κ3) is 4.60. The lowest BCUT2D eigenvalue weighted by molar-refractivity contribution is 0.109. The Labute approximate surface area is 186 Å². The first kappa shape index (κ1) is 20.1. The molecule has 4 heteroatoms. The molecule has 3 aromatic rings. The van der Waals surface area contributed by atoms with Crippen molar-refractivity contribution in [3.8, 4) is 0 Å². The van der Waals surface area contributed by atoms with E-state index in [2.05, 4.69) is 105 Å². The lowest BCUT2D eigenvalue weighted by Gasteiger charge is -2.40. The molecule has 160 valence electrons. The highest BCUT2D eigenvalue weighted by Gasteiger charge is 2.26. The Bertz CT molecular complexity index is 912. The van der Waals surface area contributed by atoms with Gasteiger partial charge in [0.15, 0.2) is 0 Å². The highest BCUT2D eigenvalue weighted by atomic mass is 15.3. The van der Waals surface area contributed by atoms with Crippen LogP contribution in [0.4, 0.5) is 11.4 Å². The number of piperazine rings is 1. The number of nitrogens with zero attached hydrogens (tertiary/aromatic N) is 3. The molecule has 31 heavy (non-hydrogen) atoms. The van der Waals surface area contributed by atoms with Crippen molar-refractivity contribution in [2.24, 2.45) is 0 Å². The number of para-hydroxylation sites is 2. The average molecular weight is 413 g/mol. The fourth-order valence-electron chi connectivity index (χ4n) is 4.98. The Morgan fingerprint density at radius 3 is 1.97 bits per heavy atom. The number of hydrogen-bond donors (Lipinski definition) is 1. The molecule has 5 rings (SSSR count). The Kier molecular flexibility index (Phi) is 6.19.